The van der Waals surface area contributed by atoms with E-state index in [0.29, 0.717) is 0 Å². The van der Waals surface area contributed by atoms with Crippen LogP contribution in [0.5, 0.6) is 0 Å². The fourth-order valence-corrected chi connectivity index (χ4v) is 1.43. The van der Waals surface area contributed by atoms with Crippen LogP contribution in [0.1, 0.15) is 16.7 Å². The molecule has 0 fully saturated rings. The van der Waals surface area contributed by atoms with Gasteiger partial charge in [-0.25, -0.2) is 0 Å². The molecule has 0 unspecified atom stereocenters. The molecule has 0 atom stereocenters. The number of hydrogen-bond donors (Lipinski definition) is 1. The van der Waals surface area contributed by atoms with E-state index in [4.69, 9.17) is 0 Å². The van der Waals surface area contributed by atoms with Crippen LogP contribution in [0.3, 0.4) is 0 Å². The van der Waals surface area contributed by atoms with Crippen LogP contribution < -0.4 is 5.32 Å². The second kappa shape index (κ2) is 3.87. The highest BCUT2D eigenvalue weighted by molar-refractivity contribution is 5.81. The van der Waals surface area contributed by atoms with Gasteiger partial charge < -0.3 is 5.32 Å². The second-order valence-corrected chi connectivity index (χ2v) is 3.06. The van der Waals surface area contributed by atoms with Crippen LogP contribution in [0.25, 0.3) is 6.08 Å². The minimum Gasteiger partial charge on any atom is -0.387 e. The molecule has 0 aliphatic carbocycles. The standard InChI is InChI=1S/C11H11N3/c1-12-14-7-9-2-3-11-8-13-5-4-10(11)6-9/h2-7,13H,1,8H2/b14-7+. The first kappa shape index (κ1) is 8.69. The van der Waals surface area contributed by atoms with E-state index < -0.39 is 0 Å². The van der Waals surface area contributed by atoms with E-state index in [2.05, 4.69) is 40.4 Å². The van der Waals surface area contributed by atoms with E-state index >= 15 is 0 Å². The molecule has 0 aromatic heterocycles. The van der Waals surface area contributed by atoms with E-state index in [-0.39, 0.29) is 0 Å². The number of benzene rings is 1. The summed E-state index contributed by atoms with van der Waals surface area (Å²) in [6.07, 6.45) is 5.70. The van der Waals surface area contributed by atoms with Crippen LogP contribution in [-0.2, 0) is 6.54 Å². The summed E-state index contributed by atoms with van der Waals surface area (Å²) in [4.78, 5) is 0. The zero-order valence-electron chi connectivity index (χ0n) is 7.77. The molecular formula is C11H11N3. The number of rotatable bonds is 2. The van der Waals surface area contributed by atoms with Crippen LogP contribution in [0.4, 0.5) is 0 Å². The van der Waals surface area contributed by atoms with Gasteiger partial charge in [0.25, 0.3) is 0 Å². The van der Waals surface area contributed by atoms with Crippen molar-refractivity contribution in [2.45, 2.75) is 6.54 Å². The van der Waals surface area contributed by atoms with Crippen LogP contribution in [0.2, 0.25) is 0 Å². The van der Waals surface area contributed by atoms with Crippen molar-refractivity contribution >= 4 is 19.0 Å². The Bertz CT molecular complexity index is 405. The van der Waals surface area contributed by atoms with Gasteiger partial charge >= 0.3 is 0 Å². The molecule has 1 N–H and O–H groups in total. The maximum atomic E-state index is 3.74. The molecule has 70 valence electrons. The highest BCUT2D eigenvalue weighted by atomic mass is 15.2. The fourth-order valence-electron chi connectivity index (χ4n) is 1.43. The van der Waals surface area contributed by atoms with Crippen LogP contribution >= 0.6 is 0 Å². The Kier molecular flexibility index (Phi) is 2.40. The van der Waals surface area contributed by atoms with E-state index in [0.717, 1.165) is 12.1 Å². The Hall–Kier alpha value is -1.90. The van der Waals surface area contributed by atoms with E-state index in [1.807, 2.05) is 12.3 Å². The van der Waals surface area contributed by atoms with Crippen molar-refractivity contribution in [3.05, 3.63) is 41.1 Å². The predicted octanol–water partition coefficient (Wildman–Crippen LogP) is 1.79. The SMILES string of the molecule is C=N/N=C/c1ccc2c(c1)C=CNC2. The Balaban J connectivity index is 2.35. The van der Waals surface area contributed by atoms with Gasteiger partial charge in [0.1, 0.15) is 0 Å². The van der Waals surface area contributed by atoms with Crippen molar-refractivity contribution in [2.24, 2.45) is 10.2 Å². The Labute approximate surface area is 82.9 Å². The maximum Gasteiger partial charge on any atom is 0.0568 e. The summed E-state index contributed by atoms with van der Waals surface area (Å²) in [5.41, 5.74) is 3.58. The minimum atomic E-state index is 0.892. The molecule has 1 heterocycles. The average molecular weight is 185 g/mol. The Morgan fingerprint density at radius 2 is 2.36 bits per heavy atom. The third-order valence-corrected chi connectivity index (χ3v) is 2.13. The zero-order valence-corrected chi connectivity index (χ0v) is 7.77. The summed E-state index contributed by atoms with van der Waals surface area (Å²) in [5, 5.41) is 10.3. The van der Waals surface area contributed by atoms with Gasteiger partial charge in [-0.15, -0.1) is 0 Å². The maximum absolute atomic E-state index is 3.74. The Morgan fingerprint density at radius 1 is 1.43 bits per heavy atom. The summed E-state index contributed by atoms with van der Waals surface area (Å²) >= 11 is 0. The predicted molar refractivity (Wildman–Crippen MR) is 59.5 cm³/mol. The first-order valence-electron chi connectivity index (χ1n) is 4.42. The van der Waals surface area contributed by atoms with Gasteiger partial charge in [-0.1, -0.05) is 12.1 Å². The van der Waals surface area contributed by atoms with Gasteiger partial charge in [0.15, 0.2) is 0 Å². The lowest BCUT2D eigenvalue weighted by molar-refractivity contribution is 0.859. The molecule has 1 aliphatic heterocycles. The first-order chi connectivity index (χ1) is 6.90. The van der Waals surface area contributed by atoms with E-state index in [9.17, 15) is 0 Å². The van der Waals surface area contributed by atoms with Gasteiger partial charge in [0.05, 0.1) is 6.21 Å². The lowest BCUT2D eigenvalue weighted by Crippen LogP contribution is -2.10. The molecule has 1 aliphatic rings. The lowest BCUT2D eigenvalue weighted by atomic mass is 10.0. The highest BCUT2D eigenvalue weighted by Gasteiger charge is 2.03. The number of fused-ring (bicyclic) bond motifs is 1. The van der Waals surface area contributed by atoms with Crippen LogP contribution in [0.15, 0.2) is 34.6 Å². The summed E-state index contributed by atoms with van der Waals surface area (Å²) in [6, 6.07) is 6.20. The molecule has 0 radical (unpaired) electrons. The van der Waals surface area contributed by atoms with Crippen molar-refractivity contribution in [1.29, 1.82) is 0 Å². The van der Waals surface area contributed by atoms with Gasteiger partial charge in [-0.05, 0) is 35.0 Å². The van der Waals surface area contributed by atoms with Gasteiger partial charge in [-0.2, -0.15) is 10.2 Å². The van der Waals surface area contributed by atoms with Crippen LogP contribution in [-0.4, -0.2) is 12.9 Å². The van der Waals surface area contributed by atoms with Gasteiger partial charge in [0, 0.05) is 13.3 Å². The number of hydrogen-bond acceptors (Lipinski definition) is 3. The molecule has 0 bridgehead atoms. The third kappa shape index (κ3) is 1.71. The molecule has 3 heteroatoms. The fraction of sp³-hybridized carbons (Fsp3) is 0.0909. The normalized spacial score (nSPS) is 13.7. The number of nitrogens with one attached hydrogen (secondary N) is 1. The van der Waals surface area contributed by atoms with Crippen molar-refractivity contribution in [3.8, 4) is 0 Å². The monoisotopic (exact) mass is 185 g/mol. The first-order valence-corrected chi connectivity index (χ1v) is 4.42. The molecule has 3 nitrogen and oxygen atoms in total. The average Bonchev–Trinajstić information content (AvgIpc) is 2.26. The molecule has 2 rings (SSSR count). The summed E-state index contributed by atoms with van der Waals surface area (Å²) in [6.45, 7) is 4.18. The van der Waals surface area contributed by atoms with Crippen molar-refractivity contribution in [1.82, 2.24) is 5.32 Å². The molecular weight excluding hydrogens is 174 g/mol. The van der Waals surface area contributed by atoms with Crippen molar-refractivity contribution in [3.63, 3.8) is 0 Å². The minimum absolute atomic E-state index is 0.892. The second-order valence-electron chi connectivity index (χ2n) is 3.06. The van der Waals surface area contributed by atoms with Crippen molar-refractivity contribution < 1.29 is 0 Å². The highest BCUT2D eigenvalue weighted by Crippen LogP contribution is 2.15. The molecule has 14 heavy (non-hydrogen) atoms. The molecule has 0 saturated carbocycles. The molecule has 1 aromatic carbocycles. The molecule has 0 amide bonds. The molecule has 0 spiro atoms. The third-order valence-electron chi connectivity index (χ3n) is 2.13. The summed E-state index contributed by atoms with van der Waals surface area (Å²) < 4.78 is 0. The number of nitrogens with zero attached hydrogens (tertiary/aromatic N) is 2. The molecule has 0 saturated heterocycles. The topological polar surface area (TPSA) is 36.8 Å². The van der Waals surface area contributed by atoms with Gasteiger partial charge in [0.2, 0.25) is 0 Å². The lowest BCUT2D eigenvalue weighted by Gasteiger charge is -2.11. The molecule has 1 aromatic rings. The van der Waals surface area contributed by atoms with Crippen LogP contribution in [0, 0.1) is 0 Å². The van der Waals surface area contributed by atoms with E-state index in [1.165, 1.54) is 11.1 Å². The van der Waals surface area contributed by atoms with Gasteiger partial charge in [-0.3, -0.25) is 0 Å². The summed E-state index contributed by atoms with van der Waals surface area (Å²) in [5.74, 6) is 0. The summed E-state index contributed by atoms with van der Waals surface area (Å²) in [7, 11) is 0. The largest absolute Gasteiger partial charge is 0.387 e. The Morgan fingerprint density at radius 3 is 3.21 bits per heavy atom. The quantitative estimate of drug-likeness (QED) is 0.553. The smallest absolute Gasteiger partial charge is 0.0568 e. The van der Waals surface area contributed by atoms with E-state index in [1.54, 1.807) is 6.21 Å². The zero-order chi connectivity index (χ0) is 9.80. The van der Waals surface area contributed by atoms with Crippen molar-refractivity contribution in [2.75, 3.05) is 0 Å².